The van der Waals surface area contributed by atoms with Crippen LogP contribution in [0.25, 0.3) is 0 Å². The molecule has 1 aromatic carbocycles. The quantitative estimate of drug-likeness (QED) is 0.820. The maximum atomic E-state index is 11.6. The molecule has 2 N–H and O–H groups in total. The van der Waals surface area contributed by atoms with E-state index in [1.54, 1.807) is 26.0 Å². The Morgan fingerprint density at radius 1 is 1.25 bits per heavy atom. The molecular weight excluding hydrogens is 280 g/mol. The Labute approximate surface area is 123 Å². The molecule has 1 rings (SSSR count). The van der Waals surface area contributed by atoms with Gasteiger partial charge in [0.05, 0.1) is 12.0 Å². The lowest BCUT2D eigenvalue weighted by Crippen LogP contribution is -2.53. The smallest absolute Gasteiger partial charge is 0.315 e. The van der Waals surface area contributed by atoms with Crippen molar-refractivity contribution in [3.63, 3.8) is 0 Å². The third-order valence-corrected chi connectivity index (χ3v) is 3.07. The van der Waals surface area contributed by atoms with Gasteiger partial charge in [-0.2, -0.15) is 0 Å². The number of carboxylic acids is 1. The second-order valence-corrected chi connectivity index (χ2v) is 5.25. The SMILES string of the molecule is CC(C)[C@H](NC(=O)NCCc1ccc(Cl)cc1)C(=O)[O-]. The van der Waals surface area contributed by atoms with Gasteiger partial charge in [-0.3, -0.25) is 0 Å². The van der Waals surface area contributed by atoms with Crippen molar-refractivity contribution >= 4 is 23.6 Å². The van der Waals surface area contributed by atoms with Crippen molar-refractivity contribution in [2.24, 2.45) is 5.92 Å². The fraction of sp³-hybridized carbons (Fsp3) is 0.429. The number of hydrogen-bond acceptors (Lipinski definition) is 3. The molecule has 0 unspecified atom stereocenters. The number of benzene rings is 1. The normalized spacial score (nSPS) is 12.0. The van der Waals surface area contributed by atoms with Crippen molar-refractivity contribution in [3.8, 4) is 0 Å². The highest BCUT2D eigenvalue weighted by atomic mass is 35.5. The summed E-state index contributed by atoms with van der Waals surface area (Å²) in [4.78, 5) is 22.4. The number of urea groups is 1. The van der Waals surface area contributed by atoms with E-state index in [1.807, 2.05) is 12.1 Å². The molecule has 0 saturated heterocycles. The topological polar surface area (TPSA) is 81.3 Å². The molecule has 6 heteroatoms. The lowest BCUT2D eigenvalue weighted by atomic mass is 10.1. The Hall–Kier alpha value is -1.75. The largest absolute Gasteiger partial charge is 0.548 e. The Morgan fingerprint density at radius 3 is 2.35 bits per heavy atom. The van der Waals surface area contributed by atoms with Crippen LogP contribution in [0.4, 0.5) is 4.79 Å². The van der Waals surface area contributed by atoms with Gasteiger partial charge in [0.2, 0.25) is 0 Å². The molecule has 2 amide bonds. The second-order valence-electron chi connectivity index (χ2n) is 4.82. The summed E-state index contributed by atoms with van der Waals surface area (Å²) >= 11 is 5.77. The summed E-state index contributed by atoms with van der Waals surface area (Å²) in [6.45, 7) is 3.81. The molecule has 5 nitrogen and oxygen atoms in total. The number of carbonyl (C=O) groups is 2. The van der Waals surface area contributed by atoms with Gasteiger partial charge < -0.3 is 20.5 Å². The predicted molar refractivity (Wildman–Crippen MR) is 75.3 cm³/mol. The van der Waals surface area contributed by atoms with E-state index in [-0.39, 0.29) is 5.92 Å². The number of carbonyl (C=O) groups excluding carboxylic acids is 2. The minimum atomic E-state index is -1.28. The summed E-state index contributed by atoms with van der Waals surface area (Å²) in [7, 11) is 0. The van der Waals surface area contributed by atoms with Crippen LogP contribution in [0.5, 0.6) is 0 Å². The standard InChI is InChI=1S/C14H19ClN2O3/c1-9(2)12(13(18)19)17-14(20)16-8-7-10-3-5-11(15)6-4-10/h3-6,9,12H,7-8H2,1-2H3,(H,18,19)(H2,16,17,20)/p-1/t12-/m0/s1. The molecule has 110 valence electrons. The van der Waals surface area contributed by atoms with Crippen molar-refractivity contribution in [2.45, 2.75) is 26.3 Å². The fourth-order valence-corrected chi connectivity index (χ4v) is 1.79. The molecule has 0 aliphatic carbocycles. The van der Waals surface area contributed by atoms with Gasteiger partial charge in [-0.1, -0.05) is 37.6 Å². The molecule has 0 spiro atoms. The van der Waals surface area contributed by atoms with Crippen molar-refractivity contribution in [1.82, 2.24) is 10.6 Å². The number of rotatable bonds is 6. The number of aliphatic carboxylic acids is 1. The van der Waals surface area contributed by atoms with Gasteiger partial charge in [-0.25, -0.2) is 4.79 Å². The average molecular weight is 298 g/mol. The fourth-order valence-electron chi connectivity index (χ4n) is 1.66. The Morgan fingerprint density at radius 2 is 1.85 bits per heavy atom. The Balaban J connectivity index is 2.36. The first-order chi connectivity index (χ1) is 9.40. The van der Waals surface area contributed by atoms with Crippen molar-refractivity contribution in [3.05, 3.63) is 34.9 Å². The van der Waals surface area contributed by atoms with Gasteiger partial charge in [-0.15, -0.1) is 0 Å². The molecule has 0 aromatic heterocycles. The molecule has 0 saturated carbocycles. The Bertz CT molecular complexity index is 460. The monoisotopic (exact) mass is 297 g/mol. The van der Waals surface area contributed by atoms with E-state index < -0.39 is 18.0 Å². The minimum Gasteiger partial charge on any atom is -0.548 e. The van der Waals surface area contributed by atoms with E-state index in [0.717, 1.165) is 5.56 Å². The molecule has 0 bridgehead atoms. The van der Waals surface area contributed by atoms with E-state index in [2.05, 4.69) is 10.6 Å². The number of nitrogens with one attached hydrogen (secondary N) is 2. The van der Waals surface area contributed by atoms with Gasteiger partial charge >= 0.3 is 6.03 Å². The van der Waals surface area contributed by atoms with Crippen LogP contribution in [0, 0.1) is 5.92 Å². The molecule has 20 heavy (non-hydrogen) atoms. The van der Waals surface area contributed by atoms with E-state index >= 15 is 0 Å². The van der Waals surface area contributed by atoms with Gasteiger partial charge in [0, 0.05) is 11.6 Å². The van der Waals surface area contributed by atoms with Crippen LogP contribution in [-0.2, 0) is 11.2 Å². The summed E-state index contributed by atoms with van der Waals surface area (Å²) in [6.07, 6.45) is 0.641. The summed E-state index contributed by atoms with van der Waals surface area (Å²) < 4.78 is 0. The van der Waals surface area contributed by atoms with Gasteiger partial charge in [0.25, 0.3) is 0 Å². The third kappa shape index (κ3) is 5.48. The summed E-state index contributed by atoms with van der Waals surface area (Å²) in [5, 5.41) is 16.5. The van der Waals surface area contributed by atoms with Crippen molar-refractivity contribution in [1.29, 1.82) is 0 Å². The maximum Gasteiger partial charge on any atom is 0.315 e. The van der Waals surface area contributed by atoms with Crippen LogP contribution in [0.3, 0.4) is 0 Å². The van der Waals surface area contributed by atoms with Crippen LogP contribution < -0.4 is 15.7 Å². The van der Waals surface area contributed by atoms with Gasteiger partial charge in [0.1, 0.15) is 0 Å². The highest BCUT2D eigenvalue weighted by Gasteiger charge is 2.16. The van der Waals surface area contributed by atoms with Crippen LogP contribution in [0.2, 0.25) is 5.02 Å². The lowest BCUT2D eigenvalue weighted by Gasteiger charge is -2.23. The van der Waals surface area contributed by atoms with Crippen molar-refractivity contribution in [2.75, 3.05) is 6.54 Å². The van der Waals surface area contributed by atoms with E-state index in [4.69, 9.17) is 11.6 Å². The number of carboxylic acid groups (broad SMARTS) is 1. The van der Waals surface area contributed by atoms with Crippen LogP contribution in [0.1, 0.15) is 19.4 Å². The first kappa shape index (κ1) is 16.3. The maximum absolute atomic E-state index is 11.6. The Kier molecular flexibility index (Phi) is 6.31. The summed E-state index contributed by atoms with van der Waals surface area (Å²) in [5.41, 5.74) is 1.04. The zero-order valence-electron chi connectivity index (χ0n) is 11.5. The molecule has 0 aliphatic rings. The molecule has 0 heterocycles. The zero-order valence-corrected chi connectivity index (χ0v) is 12.2. The van der Waals surface area contributed by atoms with E-state index in [1.165, 1.54) is 0 Å². The van der Waals surface area contributed by atoms with Gasteiger partial charge in [0.15, 0.2) is 0 Å². The molecule has 1 aromatic rings. The summed E-state index contributed by atoms with van der Waals surface area (Å²) in [5.74, 6) is -1.52. The molecule has 0 fully saturated rings. The zero-order chi connectivity index (χ0) is 15.1. The first-order valence-corrected chi connectivity index (χ1v) is 6.77. The first-order valence-electron chi connectivity index (χ1n) is 6.40. The number of hydrogen-bond donors (Lipinski definition) is 2. The molecule has 0 radical (unpaired) electrons. The van der Waals surface area contributed by atoms with E-state index in [9.17, 15) is 14.7 Å². The predicted octanol–water partition coefficient (Wildman–Crippen LogP) is 0.956. The average Bonchev–Trinajstić information content (AvgIpc) is 2.37. The van der Waals surface area contributed by atoms with Crippen LogP contribution in [0.15, 0.2) is 24.3 Å². The third-order valence-electron chi connectivity index (χ3n) is 2.82. The number of halogens is 1. The van der Waals surface area contributed by atoms with Crippen LogP contribution >= 0.6 is 11.6 Å². The summed E-state index contributed by atoms with van der Waals surface area (Å²) in [6, 6.07) is 5.80. The highest BCUT2D eigenvalue weighted by molar-refractivity contribution is 6.30. The van der Waals surface area contributed by atoms with E-state index in [0.29, 0.717) is 18.0 Å². The van der Waals surface area contributed by atoms with Crippen LogP contribution in [-0.4, -0.2) is 24.6 Å². The minimum absolute atomic E-state index is 0.234. The number of amides is 2. The molecular formula is C14H18ClN2O3-. The molecule has 0 aliphatic heterocycles. The molecule has 1 atom stereocenters. The highest BCUT2D eigenvalue weighted by Crippen LogP contribution is 2.09. The lowest BCUT2D eigenvalue weighted by molar-refractivity contribution is -0.309. The van der Waals surface area contributed by atoms with Gasteiger partial charge in [-0.05, 0) is 30.0 Å². The second kappa shape index (κ2) is 7.75. The van der Waals surface area contributed by atoms with Crippen molar-refractivity contribution < 1.29 is 14.7 Å².